The lowest BCUT2D eigenvalue weighted by atomic mass is 10.1. The minimum Gasteiger partial charge on any atom is -0.392 e. The highest BCUT2D eigenvalue weighted by Gasteiger charge is 2.30. The molecule has 1 heterocycles. The first kappa shape index (κ1) is 17.7. The summed E-state index contributed by atoms with van der Waals surface area (Å²) >= 11 is 0. The Morgan fingerprint density at radius 3 is 2.52 bits per heavy atom. The van der Waals surface area contributed by atoms with Crippen LogP contribution in [0.2, 0.25) is 0 Å². The molecule has 1 amide bonds. The monoisotopic (exact) mass is 341 g/mol. The first-order chi connectivity index (χ1) is 11.9. The molecule has 1 aromatic carbocycles. The second-order valence-electron chi connectivity index (χ2n) is 7.28. The summed E-state index contributed by atoms with van der Waals surface area (Å²) in [6, 6.07) is 8.24. The van der Waals surface area contributed by atoms with Crippen LogP contribution in [0.3, 0.4) is 0 Å². The summed E-state index contributed by atoms with van der Waals surface area (Å²) in [6.07, 6.45) is 2.33. The predicted octanol–water partition coefficient (Wildman–Crippen LogP) is 2.90. The van der Waals surface area contributed by atoms with Crippen LogP contribution in [0.5, 0.6) is 0 Å². The largest absolute Gasteiger partial charge is 0.392 e. The van der Waals surface area contributed by atoms with Gasteiger partial charge in [-0.3, -0.25) is 4.79 Å². The predicted molar refractivity (Wildman–Crippen MR) is 98.2 cm³/mol. The van der Waals surface area contributed by atoms with Crippen LogP contribution >= 0.6 is 0 Å². The van der Waals surface area contributed by atoms with E-state index in [0.717, 1.165) is 36.2 Å². The lowest BCUT2D eigenvalue weighted by molar-refractivity contribution is 0.0571. The molecule has 5 nitrogen and oxygen atoms in total. The standard InChI is InChI=1S/C20H27N3O2/c1-13(2)22(12-15(4)24)20(25)19-17-6-5-7-18(17)23(21-19)16-10-8-14(3)9-11-16/h8-11,13,15,24H,5-7,12H2,1-4H3. The van der Waals surface area contributed by atoms with Gasteiger partial charge < -0.3 is 10.0 Å². The quantitative estimate of drug-likeness (QED) is 0.910. The molecule has 134 valence electrons. The summed E-state index contributed by atoms with van der Waals surface area (Å²) in [5.41, 5.74) is 4.96. The third-order valence-corrected chi connectivity index (χ3v) is 4.76. The zero-order valence-corrected chi connectivity index (χ0v) is 15.5. The fraction of sp³-hybridized carbons (Fsp3) is 0.500. The highest BCUT2D eigenvalue weighted by molar-refractivity contribution is 5.94. The van der Waals surface area contributed by atoms with Gasteiger partial charge in [0.05, 0.1) is 11.8 Å². The molecule has 1 aliphatic rings. The molecule has 1 unspecified atom stereocenters. The van der Waals surface area contributed by atoms with Gasteiger partial charge in [-0.1, -0.05) is 17.7 Å². The van der Waals surface area contributed by atoms with Crippen molar-refractivity contribution in [2.75, 3.05) is 6.54 Å². The number of aliphatic hydroxyl groups is 1. The lowest BCUT2D eigenvalue weighted by Gasteiger charge is -2.27. The van der Waals surface area contributed by atoms with Gasteiger partial charge in [-0.15, -0.1) is 0 Å². The Balaban J connectivity index is 2.01. The number of rotatable bonds is 5. The Hall–Kier alpha value is -2.14. The number of aromatic nitrogens is 2. The Labute approximate surface area is 149 Å². The highest BCUT2D eigenvalue weighted by atomic mass is 16.3. The van der Waals surface area contributed by atoms with Crippen molar-refractivity contribution in [3.05, 3.63) is 46.8 Å². The molecule has 0 fully saturated rings. The Kier molecular flexibility index (Phi) is 4.95. The number of amides is 1. The minimum absolute atomic E-state index is 0.0173. The van der Waals surface area contributed by atoms with E-state index >= 15 is 0 Å². The smallest absolute Gasteiger partial charge is 0.274 e. The number of aliphatic hydroxyl groups excluding tert-OH is 1. The van der Waals surface area contributed by atoms with Crippen molar-refractivity contribution in [3.63, 3.8) is 0 Å². The van der Waals surface area contributed by atoms with Crippen LogP contribution in [-0.4, -0.2) is 44.4 Å². The molecule has 1 N–H and O–H groups in total. The molecule has 25 heavy (non-hydrogen) atoms. The number of benzene rings is 1. The molecule has 0 spiro atoms. The number of hydrogen-bond acceptors (Lipinski definition) is 3. The van der Waals surface area contributed by atoms with E-state index in [2.05, 4.69) is 24.2 Å². The second kappa shape index (κ2) is 7.00. The van der Waals surface area contributed by atoms with Crippen LogP contribution < -0.4 is 0 Å². The fourth-order valence-corrected chi connectivity index (χ4v) is 3.46. The minimum atomic E-state index is -0.557. The van der Waals surface area contributed by atoms with Crippen molar-refractivity contribution in [3.8, 4) is 5.69 Å². The van der Waals surface area contributed by atoms with E-state index in [1.807, 2.05) is 30.7 Å². The molecule has 1 aliphatic carbocycles. The summed E-state index contributed by atoms with van der Waals surface area (Å²) in [5, 5.41) is 14.4. The summed E-state index contributed by atoms with van der Waals surface area (Å²) in [5.74, 6) is -0.0834. The molecule has 0 aliphatic heterocycles. The van der Waals surface area contributed by atoms with E-state index in [-0.39, 0.29) is 11.9 Å². The molecule has 0 radical (unpaired) electrons. The van der Waals surface area contributed by atoms with E-state index in [9.17, 15) is 9.90 Å². The van der Waals surface area contributed by atoms with E-state index < -0.39 is 6.10 Å². The number of hydrogen-bond donors (Lipinski definition) is 1. The maximum Gasteiger partial charge on any atom is 0.274 e. The first-order valence-corrected chi connectivity index (χ1v) is 9.05. The zero-order chi connectivity index (χ0) is 18.1. The van der Waals surface area contributed by atoms with E-state index in [1.54, 1.807) is 11.8 Å². The van der Waals surface area contributed by atoms with Crippen molar-refractivity contribution >= 4 is 5.91 Å². The third kappa shape index (κ3) is 3.47. The van der Waals surface area contributed by atoms with Gasteiger partial charge in [0.25, 0.3) is 5.91 Å². The third-order valence-electron chi connectivity index (χ3n) is 4.76. The molecule has 0 bridgehead atoms. The summed E-state index contributed by atoms with van der Waals surface area (Å²) < 4.78 is 1.93. The molecular formula is C20H27N3O2. The highest BCUT2D eigenvalue weighted by Crippen LogP contribution is 2.29. The number of carbonyl (C=O) groups is 1. The van der Waals surface area contributed by atoms with Gasteiger partial charge in [-0.05, 0) is 59.1 Å². The molecule has 2 aromatic rings. The van der Waals surface area contributed by atoms with Crippen LogP contribution in [0.15, 0.2) is 24.3 Å². The van der Waals surface area contributed by atoms with Crippen molar-refractivity contribution < 1.29 is 9.90 Å². The number of carbonyl (C=O) groups excluding carboxylic acids is 1. The van der Waals surface area contributed by atoms with E-state index in [1.165, 1.54) is 5.56 Å². The average Bonchev–Trinajstić information content (AvgIpc) is 3.15. The maximum absolute atomic E-state index is 13.1. The Bertz CT molecular complexity index is 760. The Morgan fingerprint density at radius 1 is 1.24 bits per heavy atom. The van der Waals surface area contributed by atoms with Gasteiger partial charge in [0.15, 0.2) is 5.69 Å². The summed E-state index contributed by atoms with van der Waals surface area (Å²) in [6.45, 7) is 8.03. The van der Waals surface area contributed by atoms with Crippen molar-refractivity contribution in [1.29, 1.82) is 0 Å². The van der Waals surface area contributed by atoms with Crippen molar-refractivity contribution in [1.82, 2.24) is 14.7 Å². The molecule has 5 heteroatoms. The van der Waals surface area contributed by atoms with E-state index in [0.29, 0.717) is 12.2 Å². The number of fused-ring (bicyclic) bond motifs is 1. The SMILES string of the molecule is Cc1ccc(-n2nc(C(=O)N(CC(C)O)C(C)C)c3c2CCC3)cc1. The van der Waals surface area contributed by atoms with E-state index in [4.69, 9.17) is 0 Å². The lowest BCUT2D eigenvalue weighted by Crippen LogP contribution is -2.41. The molecule has 1 atom stereocenters. The number of aryl methyl sites for hydroxylation is 1. The summed E-state index contributed by atoms with van der Waals surface area (Å²) in [4.78, 5) is 14.8. The molecule has 1 aromatic heterocycles. The van der Waals surface area contributed by atoms with Crippen molar-refractivity contribution in [2.45, 2.75) is 59.1 Å². The zero-order valence-electron chi connectivity index (χ0n) is 15.5. The second-order valence-corrected chi connectivity index (χ2v) is 7.28. The van der Waals surface area contributed by atoms with Crippen molar-refractivity contribution in [2.24, 2.45) is 0 Å². The van der Waals surface area contributed by atoms with Gasteiger partial charge in [0.2, 0.25) is 0 Å². The fourth-order valence-electron chi connectivity index (χ4n) is 3.46. The normalized spacial score (nSPS) is 14.6. The van der Waals surface area contributed by atoms with Gasteiger partial charge >= 0.3 is 0 Å². The molecular weight excluding hydrogens is 314 g/mol. The van der Waals surface area contributed by atoms with Gasteiger partial charge in [-0.25, -0.2) is 4.68 Å². The number of nitrogens with zero attached hydrogens (tertiary/aromatic N) is 3. The van der Waals surface area contributed by atoms with Crippen LogP contribution in [0.25, 0.3) is 5.69 Å². The van der Waals surface area contributed by atoms with Gasteiger partial charge in [0, 0.05) is 23.8 Å². The van der Waals surface area contributed by atoms with Crippen LogP contribution in [0.4, 0.5) is 0 Å². The molecule has 0 saturated heterocycles. The van der Waals surface area contributed by atoms with Gasteiger partial charge in [0.1, 0.15) is 0 Å². The summed E-state index contributed by atoms with van der Waals surface area (Å²) in [7, 11) is 0. The van der Waals surface area contributed by atoms with Gasteiger partial charge in [-0.2, -0.15) is 5.10 Å². The van der Waals surface area contributed by atoms with Crippen LogP contribution in [-0.2, 0) is 12.8 Å². The average molecular weight is 341 g/mol. The maximum atomic E-state index is 13.1. The Morgan fingerprint density at radius 2 is 1.92 bits per heavy atom. The first-order valence-electron chi connectivity index (χ1n) is 9.05. The van der Waals surface area contributed by atoms with Crippen LogP contribution in [0.1, 0.15) is 54.5 Å². The molecule has 0 saturated carbocycles. The van der Waals surface area contributed by atoms with Crippen LogP contribution in [0, 0.1) is 6.92 Å². The topological polar surface area (TPSA) is 58.4 Å². The molecule has 3 rings (SSSR count).